The van der Waals surface area contributed by atoms with Crippen molar-refractivity contribution in [2.24, 2.45) is 0 Å². The number of ether oxygens (including phenoxy) is 3. The maximum Gasteiger partial charge on any atom is 0.328 e. The molecule has 1 fully saturated rings. The zero-order valence-corrected chi connectivity index (χ0v) is 21.3. The second-order valence-corrected chi connectivity index (χ2v) is 9.03. The third-order valence-electron chi connectivity index (χ3n) is 5.17. The Kier molecular flexibility index (Phi) is 9.01. The van der Waals surface area contributed by atoms with Crippen molar-refractivity contribution in [1.82, 2.24) is 4.90 Å². The number of benzene rings is 2. The molecular weight excluding hydrogens is 490 g/mol. The van der Waals surface area contributed by atoms with Gasteiger partial charge in [-0.15, -0.1) is 6.58 Å². The van der Waals surface area contributed by atoms with Gasteiger partial charge in [-0.1, -0.05) is 29.8 Å². The quantitative estimate of drug-likeness (QED) is 0.230. The molecule has 1 aliphatic rings. The molecular formula is C26H26ClNO6S. The molecule has 0 aromatic heterocycles. The lowest BCUT2D eigenvalue weighted by Gasteiger charge is -2.18. The van der Waals surface area contributed by atoms with Gasteiger partial charge in [0.2, 0.25) is 0 Å². The van der Waals surface area contributed by atoms with Crippen molar-refractivity contribution in [2.75, 3.05) is 13.7 Å². The Morgan fingerprint density at radius 1 is 1.20 bits per heavy atom. The average Bonchev–Trinajstić information content (AvgIpc) is 3.11. The fourth-order valence-electron chi connectivity index (χ4n) is 3.48. The predicted molar refractivity (Wildman–Crippen MR) is 137 cm³/mol. The molecule has 2 amide bonds. The molecule has 0 radical (unpaired) electrons. The molecule has 3 rings (SSSR count). The fraction of sp³-hybridized carbons (Fsp3) is 0.269. The Labute approximate surface area is 213 Å². The molecule has 1 aliphatic heterocycles. The van der Waals surface area contributed by atoms with Gasteiger partial charge in [0.25, 0.3) is 11.1 Å². The first-order valence-corrected chi connectivity index (χ1v) is 12.1. The van der Waals surface area contributed by atoms with E-state index in [0.717, 1.165) is 27.8 Å². The topological polar surface area (TPSA) is 82.1 Å². The van der Waals surface area contributed by atoms with Crippen LogP contribution in [0.4, 0.5) is 4.79 Å². The smallest absolute Gasteiger partial charge is 0.328 e. The van der Waals surface area contributed by atoms with Crippen LogP contribution in [0.25, 0.3) is 6.08 Å². The Hall–Kier alpha value is -3.23. The molecule has 0 spiro atoms. The highest BCUT2D eigenvalue weighted by Gasteiger charge is 2.41. The van der Waals surface area contributed by atoms with Crippen LogP contribution in [0, 0.1) is 0 Å². The molecule has 184 valence electrons. The maximum atomic E-state index is 12.9. The van der Waals surface area contributed by atoms with Crippen LogP contribution < -0.4 is 9.47 Å². The second-order valence-electron chi connectivity index (χ2n) is 7.60. The first-order valence-electron chi connectivity index (χ1n) is 10.9. The van der Waals surface area contributed by atoms with Crippen molar-refractivity contribution in [3.05, 3.63) is 75.7 Å². The zero-order chi connectivity index (χ0) is 25.5. The van der Waals surface area contributed by atoms with E-state index < -0.39 is 23.2 Å². The highest BCUT2D eigenvalue weighted by Crippen LogP contribution is 2.38. The predicted octanol–water partition coefficient (Wildman–Crippen LogP) is 5.64. The summed E-state index contributed by atoms with van der Waals surface area (Å²) in [5.41, 5.74) is 2.41. The van der Waals surface area contributed by atoms with E-state index in [2.05, 4.69) is 11.3 Å². The molecule has 7 nitrogen and oxygen atoms in total. The summed E-state index contributed by atoms with van der Waals surface area (Å²) in [6, 6.07) is 9.96. The molecule has 2 aromatic carbocycles. The van der Waals surface area contributed by atoms with Crippen molar-refractivity contribution in [3.8, 4) is 11.5 Å². The number of hydrogen-bond donors (Lipinski definition) is 0. The van der Waals surface area contributed by atoms with Crippen LogP contribution in [0.2, 0.25) is 5.02 Å². The summed E-state index contributed by atoms with van der Waals surface area (Å²) in [6.07, 6.45) is 3.85. The second kappa shape index (κ2) is 12.0. The highest BCUT2D eigenvalue weighted by atomic mass is 35.5. The van der Waals surface area contributed by atoms with Gasteiger partial charge in [-0.25, -0.2) is 4.79 Å². The summed E-state index contributed by atoms with van der Waals surface area (Å²) in [5, 5.41) is 0.115. The van der Waals surface area contributed by atoms with Gasteiger partial charge in [0.05, 0.1) is 18.6 Å². The van der Waals surface area contributed by atoms with Gasteiger partial charge >= 0.3 is 5.97 Å². The molecule has 2 aromatic rings. The number of hydrogen-bond acceptors (Lipinski definition) is 7. The summed E-state index contributed by atoms with van der Waals surface area (Å²) >= 11 is 6.74. The first kappa shape index (κ1) is 26.4. The number of allylic oxidation sites excluding steroid dienone is 1. The van der Waals surface area contributed by atoms with Crippen LogP contribution in [0.1, 0.15) is 30.5 Å². The van der Waals surface area contributed by atoms with Gasteiger partial charge in [0, 0.05) is 10.6 Å². The molecule has 0 unspecified atom stereocenters. The number of carbonyl (C=O) groups is 3. The lowest BCUT2D eigenvalue weighted by Crippen LogP contribution is -2.42. The minimum Gasteiger partial charge on any atom is -0.490 e. The Morgan fingerprint density at radius 2 is 1.91 bits per heavy atom. The Morgan fingerprint density at radius 3 is 2.54 bits per heavy atom. The summed E-state index contributed by atoms with van der Waals surface area (Å²) < 4.78 is 16.7. The number of amides is 2. The summed E-state index contributed by atoms with van der Waals surface area (Å²) in [5.74, 6) is -0.132. The number of nitrogens with zero attached hydrogens (tertiary/aromatic N) is 1. The van der Waals surface area contributed by atoms with Crippen molar-refractivity contribution in [3.63, 3.8) is 0 Å². The summed E-state index contributed by atoms with van der Waals surface area (Å²) in [4.78, 5) is 38.3. The largest absolute Gasteiger partial charge is 0.490 e. The number of esters is 1. The van der Waals surface area contributed by atoms with E-state index in [1.807, 2.05) is 25.1 Å². The normalized spacial score (nSPS) is 15.3. The van der Waals surface area contributed by atoms with Crippen molar-refractivity contribution in [2.45, 2.75) is 32.9 Å². The highest BCUT2D eigenvalue weighted by molar-refractivity contribution is 8.18. The van der Waals surface area contributed by atoms with E-state index in [0.29, 0.717) is 41.7 Å². The van der Waals surface area contributed by atoms with E-state index in [1.165, 1.54) is 14.0 Å². The van der Waals surface area contributed by atoms with E-state index in [4.69, 9.17) is 21.1 Å². The number of rotatable bonds is 10. The van der Waals surface area contributed by atoms with Gasteiger partial charge in [-0.3, -0.25) is 14.5 Å². The third-order valence-corrected chi connectivity index (χ3v) is 6.30. The number of halogens is 1. The Bertz CT molecular complexity index is 1160. The Balaban J connectivity index is 1.94. The van der Waals surface area contributed by atoms with Gasteiger partial charge in [-0.2, -0.15) is 0 Å². The molecule has 35 heavy (non-hydrogen) atoms. The molecule has 1 saturated heterocycles. The average molecular weight is 516 g/mol. The van der Waals surface area contributed by atoms with E-state index in [1.54, 1.807) is 30.4 Å². The first-order chi connectivity index (χ1) is 16.8. The van der Waals surface area contributed by atoms with Gasteiger partial charge < -0.3 is 14.2 Å². The van der Waals surface area contributed by atoms with E-state index in [9.17, 15) is 14.4 Å². The number of methoxy groups -OCH3 is 1. The summed E-state index contributed by atoms with van der Waals surface area (Å²) in [7, 11) is 1.21. The van der Waals surface area contributed by atoms with Crippen LogP contribution >= 0.6 is 23.4 Å². The molecule has 1 heterocycles. The SMILES string of the molecule is C=CCc1cc(/C=C2/SC(=O)N([C@@H](C)C(=O)OC)C2=O)cc(OCC)c1OCc1ccc(Cl)cc1. The van der Waals surface area contributed by atoms with Crippen molar-refractivity contribution >= 4 is 46.6 Å². The van der Waals surface area contributed by atoms with Crippen molar-refractivity contribution < 1.29 is 28.6 Å². The number of imide groups is 1. The van der Waals surface area contributed by atoms with Crippen molar-refractivity contribution in [1.29, 1.82) is 0 Å². The standard InChI is InChI=1S/C26H26ClNO6S/c1-5-7-19-12-18(14-22-24(29)28(26(31)35-22)16(3)25(30)32-4)13-21(33-6-2)23(19)34-15-17-8-10-20(27)11-9-17/h5,8-14,16H,1,6-7,15H2,2-4H3/b22-14+/t16-/m0/s1. The van der Waals surface area contributed by atoms with Crippen LogP contribution in [0.5, 0.6) is 11.5 Å². The minimum absolute atomic E-state index is 0.201. The number of carbonyl (C=O) groups excluding carboxylic acids is 3. The maximum absolute atomic E-state index is 12.9. The van der Waals surface area contributed by atoms with Crippen LogP contribution in [-0.4, -0.2) is 41.8 Å². The van der Waals surface area contributed by atoms with Gasteiger partial charge in [0.1, 0.15) is 12.6 Å². The van der Waals surface area contributed by atoms with E-state index in [-0.39, 0.29) is 4.91 Å². The lowest BCUT2D eigenvalue weighted by molar-refractivity contribution is -0.148. The molecule has 9 heteroatoms. The minimum atomic E-state index is -1.02. The third kappa shape index (κ3) is 6.26. The van der Waals surface area contributed by atoms with E-state index >= 15 is 0 Å². The van der Waals surface area contributed by atoms with Gasteiger partial charge in [-0.05, 0) is 73.5 Å². The molecule has 0 N–H and O–H groups in total. The summed E-state index contributed by atoms with van der Waals surface area (Å²) in [6.45, 7) is 7.86. The molecule has 0 saturated carbocycles. The zero-order valence-electron chi connectivity index (χ0n) is 19.7. The molecule has 1 atom stereocenters. The van der Waals surface area contributed by atoms with Gasteiger partial charge in [0.15, 0.2) is 11.5 Å². The molecule has 0 aliphatic carbocycles. The lowest BCUT2D eigenvalue weighted by atomic mass is 10.0. The van der Waals surface area contributed by atoms with Crippen LogP contribution in [-0.2, 0) is 27.4 Å². The fourth-order valence-corrected chi connectivity index (χ4v) is 4.51. The monoisotopic (exact) mass is 515 g/mol. The van der Waals surface area contributed by atoms with Crippen LogP contribution in [0.15, 0.2) is 54.0 Å². The van der Waals surface area contributed by atoms with Crippen LogP contribution in [0.3, 0.4) is 0 Å². The molecule has 0 bridgehead atoms. The number of thioether (sulfide) groups is 1.